The zero-order chi connectivity index (χ0) is 15.6. The lowest BCUT2D eigenvalue weighted by Crippen LogP contribution is -2.39. The SMILES string of the molecule is CN(CC(F)(F)F)C(=O)Cn1cnc(C2CCC2)cc1=O. The Kier molecular flexibility index (Phi) is 4.34. The molecule has 0 radical (unpaired) electrons. The van der Waals surface area contributed by atoms with E-state index in [-0.39, 0.29) is 5.92 Å². The number of alkyl halides is 3. The smallest absolute Gasteiger partial charge is 0.335 e. The first kappa shape index (κ1) is 15.5. The van der Waals surface area contributed by atoms with Gasteiger partial charge in [-0.25, -0.2) is 4.98 Å². The summed E-state index contributed by atoms with van der Waals surface area (Å²) in [5.41, 5.74) is 0.277. The van der Waals surface area contributed by atoms with E-state index < -0.39 is 30.7 Å². The Balaban J connectivity index is 2.02. The first-order valence-electron chi connectivity index (χ1n) is 6.63. The fourth-order valence-electron chi connectivity index (χ4n) is 2.11. The zero-order valence-electron chi connectivity index (χ0n) is 11.6. The third-order valence-corrected chi connectivity index (χ3v) is 3.57. The molecule has 1 fully saturated rings. The number of rotatable bonds is 4. The first-order valence-corrected chi connectivity index (χ1v) is 6.63. The van der Waals surface area contributed by atoms with Crippen molar-refractivity contribution in [2.24, 2.45) is 0 Å². The predicted octanol–water partition coefficient (Wildman–Crippen LogP) is 1.53. The molecule has 21 heavy (non-hydrogen) atoms. The third-order valence-electron chi connectivity index (χ3n) is 3.57. The van der Waals surface area contributed by atoms with Crippen LogP contribution in [0, 0.1) is 0 Å². The molecule has 8 heteroatoms. The maximum Gasteiger partial charge on any atom is 0.406 e. The van der Waals surface area contributed by atoms with Gasteiger partial charge < -0.3 is 4.90 Å². The van der Waals surface area contributed by atoms with Crippen LogP contribution in [-0.4, -0.2) is 40.1 Å². The highest BCUT2D eigenvalue weighted by Gasteiger charge is 2.31. The second-order valence-electron chi connectivity index (χ2n) is 5.27. The molecule has 0 unspecified atom stereocenters. The van der Waals surface area contributed by atoms with E-state index in [9.17, 15) is 22.8 Å². The Labute approximate surface area is 119 Å². The molecule has 0 atom stereocenters. The van der Waals surface area contributed by atoms with Crippen molar-refractivity contribution in [3.63, 3.8) is 0 Å². The van der Waals surface area contributed by atoms with Crippen LogP contribution in [0.25, 0.3) is 0 Å². The van der Waals surface area contributed by atoms with Crippen molar-refractivity contribution in [3.8, 4) is 0 Å². The molecular formula is C13H16F3N3O2. The van der Waals surface area contributed by atoms with Crippen molar-refractivity contribution in [3.05, 3.63) is 28.4 Å². The van der Waals surface area contributed by atoms with Crippen molar-refractivity contribution in [2.75, 3.05) is 13.6 Å². The molecule has 1 amide bonds. The van der Waals surface area contributed by atoms with Gasteiger partial charge in [-0.1, -0.05) is 6.42 Å². The van der Waals surface area contributed by atoms with E-state index in [1.807, 2.05) is 0 Å². The summed E-state index contributed by atoms with van der Waals surface area (Å²) in [6, 6.07) is 1.36. The van der Waals surface area contributed by atoms with Crippen molar-refractivity contribution in [1.29, 1.82) is 0 Å². The Bertz CT molecular complexity index is 579. The molecular weight excluding hydrogens is 287 g/mol. The quantitative estimate of drug-likeness (QED) is 0.847. The highest BCUT2D eigenvalue weighted by Crippen LogP contribution is 2.34. The fraction of sp³-hybridized carbons (Fsp3) is 0.615. The van der Waals surface area contributed by atoms with Crippen LogP contribution in [0.15, 0.2) is 17.2 Å². The van der Waals surface area contributed by atoms with Crippen LogP contribution >= 0.6 is 0 Å². The van der Waals surface area contributed by atoms with E-state index in [0.29, 0.717) is 10.6 Å². The summed E-state index contributed by atoms with van der Waals surface area (Å²) in [5, 5.41) is 0. The minimum Gasteiger partial charge on any atom is -0.335 e. The summed E-state index contributed by atoms with van der Waals surface area (Å²) in [4.78, 5) is 28.2. The highest BCUT2D eigenvalue weighted by molar-refractivity contribution is 5.75. The average Bonchev–Trinajstić information content (AvgIpc) is 2.28. The molecule has 1 heterocycles. The lowest BCUT2D eigenvalue weighted by atomic mass is 9.83. The number of carbonyl (C=O) groups is 1. The van der Waals surface area contributed by atoms with Gasteiger partial charge in [-0.2, -0.15) is 13.2 Å². The Morgan fingerprint density at radius 2 is 2.14 bits per heavy atom. The van der Waals surface area contributed by atoms with Gasteiger partial charge in [-0.15, -0.1) is 0 Å². The molecule has 0 spiro atoms. The van der Waals surface area contributed by atoms with Crippen LogP contribution in [0.2, 0.25) is 0 Å². The molecule has 0 aliphatic heterocycles. The van der Waals surface area contributed by atoms with Crippen LogP contribution < -0.4 is 5.56 Å². The van der Waals surface area contributed by atoms with Gasteiger partial charge in [-0.3, -0.25) is 14.2 Å². The minimum atomic E-state index is -4.46. The summed E-state index contributed by atoms with van der Waals surface area (Å²) in [5.74, 6) is -0.497. The molecule has 1 saturated carbocycles. The molecule has 116 valence electrons. The molecule has 0 bridgehead atoms. The molecule has 0 N–H and O–H groups in total. The number of nitrogens with zero attached hydrogens (tertiary/aromatic N) is 3. The lowest BCUT2D eigenvalue weighted by Gasteiger charge is -2.24. The largest absolute Gasteiger partial charge is 0.406 e. The number of likely N-dealkylation sites (N-methyl/N-ethyl adjacent to an activating group) is 1. The van der Waals surface area contributed by atoms with Gasteiger partial charge in [0.05, 0.1) is 12.0 Å². The summed E-state index contributed by atoms with van der Waals surface area (Å²) in [6.45, 7) is -1.78. The standard InChI is InChI=1S/C13H16F3N3O2/c1-18(7-13(14,15)16)12(21)6-19-8-17-10(5-11(19)20)9-3-2-4-9/h5,8-9H,2-4,6-7H2,1H3. The molecule has 0 aromatic carbocycles. The fourth-order valence-corrected chi connectivity index (χ4v) is 2.11. The number of aromatic nitrogens is 2. The van der Waals surface area contributed by atoms with Gasteiger partial charge in [0.2, 0.25) is 5.91 Å². The topological polar surface area (TPSA) is 55.2 Å². The summed E-state index contributed by atoms with van der Waals surface area (Å²) < 4.78 is 37.6. The molecule has 0 saturated heterocycles. The van der Waals surface area contributed by atoms with Gasteiger partial charge in [0.1, 0.15) is 13.1 Å². The van der Waals surface area contributed by atoms with Crippen molar-refractivity contribution >= 4 is 5.91 Å². The van der Waals surface area contributed by atoms with E-state index in [0.717, 1.165) is 30.9 Å². The van der Waals surface area contributed by atoms with Gasteiger partial charge in [0, 0.05) is 19.0 Å². The second-order valence-corrected chi connectivity index (χ2v) is 5.27. The predicted molar refractivity (Wildman–Crippen MR) is 68.8 cm³/mol. The molecule has 2 rings (SSSR count). The van der Waals surface area contributed by atoms with Crippen LogP contribution in [0.5, 0.6) is 0 Å². The number of amides is 1. The Morgan fingerprint density at radius 1 is 1.48 bits per heavy atom. The number of hydrogen-bond acceptors (Lipinski definition) is 3. The Morgan fingerprint density at radius 3 is 2.62 bits per heavy atom. The van der Waals surface area contributed by atoms with Crippen molar-refractivity contribution in [1.82, 2.24) is 14.5 Å². The van der Waals surface area contributed by atoms with E-state index in [2.05, 4.69) is 4.98 Å². The van der Waals surface area contributed by atoms with E-state index in [4.69, 9.17) is 0 Å². The minimum absolute atomic E-state index is 0.288. The monoisotopic (exact) mass is 303 g/mol. The molecule has 5 nitrogen and oxygen atoms in total. The summed E-state index contributed by atoms with van der Waals surface area (Å²) >= 11 is 0. The highest BCUT2D eigenvalue weighted by atomic mass is 19.4. The average molecular weight is 303 g/mol. The maximum atomic E-state index is 12.2. The van der Waals surface area contributed by atoms with E-state index in [1.165, 1.54) is 12.4 Å². The first-order chi connectivity index (χ1) is 9.76. The van der Waals surface area contributed by atoms with Gasteiger partial charge in [0.15, 0.2) is 0 Å². The molecule has 1 aromatic heterocycles. The van der Waals surface area contributed by atoms with Gasteiger partial charge in [-0.05, 0) is 12.8 Å². The maximum absolute atomic E-state index is 12.2. The van der Waals surface area contributed by atoms with Crippen LogP contribution in [-0.2, 0) is 11.3 Å². The third kappa shape index (κ3) is 4.05. The zero-order valence-corrected chi connectivity index (χ0v) is 11.6. The van der Waals surface area contributed by atoms with Crippen LogP contribution in [0.1, 0.15) is 30.9 Å². The molecule has 1 aromatic rings. The number of halogens is 3. The normalized spacial score (nSPS) is 15.6. The van der Waals surface area contributed by atoms with E-state index >= 15 is 0 Å². The number of carbonyl (C=O) groups excluding carboxylic acids is 1. The summed E-state index contributed by atoms with van der Waals surface area (Å²) in [7, 11) is 1.05. The summed E-state index contributed by atoms with van der Waals surface area (Å²) in [6.07, 6.45) is -0.138. The Hall–Kier alpha value is -1.86. The van der Waals surface area contributed by atoms with Crippen LogP contribution in [0.3, 0.4) is 0 Å². The molecule has 1 aliphatic rings. The lowest BCUT2D eigenvalue weighted by molar-refractivity contribution is -0.158. The van der Waals surface area contributed by atoms with Crippen molar-refractivity contribution < 1.29 is 18.0 Å². The molecule has 1 aliphatic carbocycles. The second kappa shape index (κ2) is 5.87. The van der Waals surface area contributed by atoms with E-state index in [1.54, 1.807) is 0 Å². The van der Waals surface area contributed by atoms with Gasteiger partial charge in [0.25, 0.3) is 5.56 Å². The number of hydrogen-bond donors (Lipinski definition) is 0. The van der Waals surface area contributed by atoms with Gasteiger partial charge >= 0.3 is 6.18 Å². The van der Waals surface area contributed by atoms with Crippen molar-refractivity contribution in [2.45, 2.75) is 37.9 Å². The van der Waals surface area contributed by atoms with Crippen LogP contribution in [0.4, 0.5) is 13.2 Å².